The van der Waals surface area contributed by atoms with Crippen LogP contribution in [0.3, 0.4) is 0 Å². The summed E-state index contributed by atoms with van der Waals surface area (Å²) in [5.41, 5.74) is 1.86. The molecule has 4 aromatic rings. The first kappa shape index (κ1) is 31.5. The number of Topliss-reactive ketones (excluding diaryl/α,β-unsaturated/α-hetero) is 1. The summed E-state index contributed by atoms with van der Waals surface area (Å²) in [6.45, 7) is 7.59. The molecule has 1 fully saturated rings. The molecule has 1 unspecified atom stereocenters. The van der Waals surface area contributed by atoms with Crippen LogP contribution in [0.25, 0.3) is 5.76 Å². The number of ketones is 1. The standard InChI is InChI=1S/C34H29ClN2O7S/c1-4-17-43-33(41)31-20(3)36-34(45-31)37-28(27(30(39)32(37)40)29(38)22-11-14-24(35)15-12-22)23-13-16-25(26(18-23)42-5-2)44-19-21-9-7-6-8-10-21/h4,6-16,18,28,38H,1,5,17,19H2,2-3H3/b29-27+. The highest BCUT2D eigenvalue weighted by Crippen LogP contribution is 2.45. The maximum Gasteiger partial charge on any atom is 0.350 e. The van der Waals surface area contributed by atoms with E-state index in [2.05, 4.69) is 11.6 Å². The lowest BCUT2D eigenvalue weighted by molar-refractivity contribution is -0.132. The molecule has 3 aromatic carbocycles. The van der Waals surface area contributed by atoms with Crippen molar-refractivity contribution in [3.05, 3.63) is 123 Å². The van der Waals surface area contributed by atoms with Gasteiger partial charge in [0, 0.05) is 10.6 Å². The number of esters is 1. The molecule has 1 N–H and O–H groups in total. The highest BCUT2D eigenvalue weighted by molar-refractivity contribution is 7.17. The number of carbonyl (C=O) groups is 3. The van der Waals surface area contributed by atoms with Crippen molar-refractivity contribution in [2.75, 3.05) is 18.1 Å². The van der Waals surface area contributed by atoms with Gasteiger partial charge in [0.05, 0.1) is 23.9 Å². The second-order valence-corrected chi connectivity index (χ2v) is 11.3. The van der Waals surface area contributed by atoms with E-state index in [1.807, 2.05) is 37.3 Å². The fourth-order valence-corrected chi connectivity index (χ4v) is 5.91. The Labute approximate surface area is 269 Å². The minimum atomic E-state index is -1.12. The van der Waals surface area contributed by atoms with Crippen LogP contribution in [0.15, 0.2) is 91.0 Å². The number of hydrogen-bond acceptors (Lipinski definition) is 9. The van der Waals surface area contributed by atoms with Crippen molar-refractivity contribution >= 4 is 51.5 Å². The van der Waals surface area contributed by atoms with Crippen molar-refractivity contribution in [2.45, 2.75) is 26.5 Å². The Morgan fingerprint density at radius 1 is 1.07 bits per heavy atom. The smallest absolute Gasteiger partial charge is 0.350 e. The van der Waals surface area contributed by atoms with Crippen LogP contribution in [0.4, 0.5) is 5.13 Å². The van der Waals surface area contributed by atoms with Crippen molar-refractivity contribution in [1.82, 2.24) is 4.98 Å². The Kier molecular flexibility index (Phi) is 9.65. The number of anilines is 1. The van der Waals surface area contributed by atoms with E-state index in [9.17, 15) is 19.5 Å². The molecule has 230 valence electrons. The van der Waals surface area contributed by atoms with E-state index < -0.39 is 29.5 Å². The molecule has 1 saturated heterocycles. The van der Waals surface area contributed by atoms with Gasteiger partial charge in [-0.2, -0.15) is 0 Å². The summed E-state index contributed by atoms with van der Waals surface area (Å²) in [6, 6.07) is 19.8. The minimum Gasteiger partial charge on any atom is -0.507 e. The fraction of sp³-hybridized carbons (Fsp3) is 0.176. The van der Waals surface area contributed by atoms with Gasteiger partial charge in [-0.15, -0.1) is 0 Å². The van der Waals surface area contributed by atoms with Crippen molar-refractivity contribution in [1.29, 1.82) is 0 Å². The number of halogens is 1. The molecule has 9 nitrogen and oxygen atoms in total. The number of benzene rings is 3. The molecule has 0 spiro atoms. The van der Waals surface area contributed by atoms with Crippen LogP contribution in [-0.2, 0) is 20.9 Å². The zero-order valence-corrected chi connectivity index (χ0v) is 26.1. The van der Waals surface area contributed by atoms with Gasteiger partial charge in [0.15, 0.2) is 16.6 Å². The molecular weight excluding hydrogens is 616 g/mol. The summed E-state index contributed by atoms with van der Waals surface area (Å²) in [5, 5.41) is 12.0. The van der Waals surface area contributed by atoms with E-state index in [1.54, 1.807) is 49.4 Å². The highest BCUT2D eigenvalue weighted by atomic mass is 35.5. The lowest BCUT2D eigenvalue weighted by Gasteiger charge is -2.24. The minimum absolute atomic E-state index is 0.00396. The molecular formula is C34H29ClN2O7S. The highest BCUT2D eigenvalue weighted by Gasteiger charge is 2.48. The number of aliphatic hydroxyl groups excluding tert-OH is 1. The first-order valence-electron chi connectivity index (χ1n) is 14.0. The fourth-order valence-electron chi connectivity index (χ4n) is 4.80. The Balaban J connectivity index is 1.63. The van der Waals surface area contributed by atoms with Crippen molar-refractivity contribution in [3.8, 4) is 11.5 Å². The Morgan fingerprint density at radius 3 is 2.49 bits per heavy atom. The molecule has 0 saturated carbocycles. The molecule has 5 rings (SSSR count). The van der Waals surface area contributed by atoms with Gasteiger partial charge in [0.1, 0.15) is 23.9 Å². The van der Waals surface area contributed by atoms with Crippen LogP contribution in [-0.4, -0.2) is 41.0 Å². The summed E-state index contributed by atoms with van der Waals surface area (Å²) >= 11 is 6.96. The van der Waals surface area contributed by atoms with E-state index in [-0.39, 0.29) is 22.2 Å². The van der Waals surface area contributed by atoms with Crippen LogP contribution >= 0.6 is 22.9 Å². The molecule has 0 bridgehead atoms. The molecule has 0 radical (unpaired) electrons. The second kappa shape index (κ2) is 13.8. The number of rotatable bonds is 11. The predicted octanol–water partition coefficient (Wildman–Crippen LogP) is 7.05. The van der Waals surface area contributed by atoms with Gasteiger partial charge in [-0.3, -0.25) is 14.5 Å². The number of thiazole rings is 1. The molecule has 0 aliphatic carbocycles. The van der Waals surface area contributed by atoms with Gasteiger partial charge in [-0.1, -0.05) is 72.0 Å². The summed E-state index contributed by atoms with van der Waals surface area (Å²) in [4.78, 5) is 45.8. The number of aliphatic hydroxyl groups is 1. The molecule has 1 aliphatic heterocycles. The zero-order chi connectivity index (χ0) is 32.1. The lowest BCUT2D eigenvalue weighted by atomic mass is 9.95. The normalized spacial score (nSPS) is 15.6. The SMILES string of the molecule is C=CCOC(=O)c1sc(N2C(=O)C(=O)/C(=C(/O)c3ccc(Cl)cc3)C2c2ccc(OCc3ccccc3)c(OCC)c2)nc1C. The first-order valence-corrected chi connectivity index (χ1v) is 15.2. The number of amides is 1. The third kappa shape index (κ3) is 6.62. The Hall–Kier alpha value is -4.93. The van der Waals surface area contributed by atoms with Gasteiger partial charge in [0.2, 0.25) is 0 Å². The molecule has 45 heavy (non-hydrogen) atoms. The van der Waals surface area contributed by atoms with E-state index in [4.69, 9.17) is 25.8 Å². The van der Waals surface area contributed by atoms with Crippen molar-refractivity contribution in [3.63, 3.8) is 0 Å². The van der Waals surface area contributed by atoms with Crippen molar-refractivity contribution < 1.29 is 33.7 Å². The van der Waals surface area contributed by atoms with Crippen LogP contribution in [0.5, 0.6) is 11.5 Å². The molecule has 11 heteroatoms. The average Bonchev–Trinajstić information content (AvgIpc) is 3.55. The summed E-state index contributed by atoms with van der Waals surface area (Å²) in [5.74, 6) is -2.03. The largest absolute Gasteiger partial charge is 0.507 e. The van der Waals surface area contributed by atoms with Gasteiger partial charge in [-0.05, 0) is 61.4 Å². The number of carbonyl (C=O) groups excluding carboxylic acids is 3. The van der Waals surface area contributed by atoms with Gasteiger partial charge in [0.25, 0.3) is 5.78 Å². The molecule has 1 amide bonds. The summed E-state index contributed by atoms with van der Waals surface area (Å²) in [7, 11) is 0. The maximum atomic E-state index is 13.7. The molecule has 1 atom stereocenters. The number of aryl methyl sites for hydroxylation is 1. The number of nitrogens with zero attached hydrogens (tertiary/aromatic N) is 2. The van der Waals surface area contributed by atoms with E-state index in [0.717, 1.165) is 16.9 Å². The van der Waals surface area contributed by atoms with Gasteiger partial charge >= 0.3 is 11.9 Å². The third-order valence-corrected chi connectivity index (χ3v) is 8.28. The third-order valence-electron chi connectivity index (χ3n) is 6.89. The Bertz CT molecular complexity index is 1780. The van der Waals surface area contributed by atoms with Crippen molar-refractivity contribution in [2.24, 2.45) is 0 Å². The number of ether oxygens (including phenoxy) is 3. The monoisotopic (exact) mass is 644 g/mol. The molecule has 2 heterocycles. The summed E-state index contributed by atoms with van der Waals surface area (Å²) in [6.07, 6.45) is 1.44. The van der Waals surface area contributed by atoms with E-state index >= 15 is 0 Å². The first-order chi connectivity index (χ1) is 21.7. The predicted molar refractivity (Wildman–Crippen MR) is 172 cm³/mol. The topological polar surface area (TPSA) is 115 Å². The quantitative estimate of drug-likeness (QED) is 0.0607. The average molecular weight is 645 g/mol. The van der Waals surface area contributed by atoms with Crippen LogP contribution < -0.4 is 14.4 Å². The second-order valence-electron chi connectivity index (χ2n) is 9.89. The Morgan fingerprint density at radius 2 is 1.80 bits per heavy atom. The number of aromatic nitrogens is 1. The lowest BCUT2D eigenvalue weighted by Crippen LogP contribution is -2.29. The molecule has 1 aromatic heterocycles. The maximum absolute atomic E-state index is 13.7. The van der Waals surface area contributed by atoms with E-state index in [1.165, 1.54) is 11.0 Å². The van der Waals surface area contributed by atoms with Gasteiger partial charge < -0.3 is 19.3 Å². The van der Waals surface area contributed by atoms with Gasteiger partial charge in [-0.25, -0.2) is 9.78 Å². The van der Waals surface area contributed by atoms with Crippen LogP contribution in [0, 0.1) is 6.92 Å². The zero-order valence-electron chi connectivity index (χ0n) is 24.5. The summed E-state index contributed by atoms with van der Waals surface area (Å²) < 4.78 is 17.2. The molecule has 1 aliphatic rings. The van der Waals surface area contributed by atoms with Crippen LogP contribution in [0.1, 0.15) is 45.0 Å². The van der Waals surface area contributed by atoms with Crippen LogP contribution in [0.2, 0.25) is 5.02 Å². The van der Waals surface area contributed by atoms with E-state index in [0.29, 0.717) is 46.6 Å². The number of hydrogen-bond donors (Lipinski definition) is 1.